The number of ketones is 1. The van der Waals surface area contributed by atoms with Crippen molar-refractivity contribution in [1.29, 1.82) is 0 Å². The van der Waals surface area contributed by atoms with Crippen LogP contribution >= 0.6 is 0 Å². The first kappa shape index (κ1) is 28.3. The maximum absolute atomic E-state index is 11.5. The minimum atomic E-state index is -2.26. The zero-order chi connectivity index (χ0) is 31.6. The molecule has 6 heteroatoms. The predicted molar refractivity (Wildman–Crippen MR) is 163 cm³/mol. The molecule has 5 nitrogen and oxygen atoms in total. The van der Waals surface area contributed by atoms with Gasteiger partial charge in [-0.2, -0.15) is 0 Å². The van der Waals surface area contributed by atoms with Gasteiger partial charge in [0.1, 0.15) is 0 Å². The molecule has 1 aliphatic rings. The molecule has 1 aromatic carbocycles. The first-order valence-corrected chi connectivity index (χ1v) is 14.1. The van der Waals surface area contributed by atoms with E-state index in [0.29, 0.717) is 30.1 Å². The number of aliphatic hydroxyl groups is 1. The second kappa shape index (κ2) is 13.4. The van der Waals surface area contributed by atoms with Crippen LogP contribution in [0.4, 0.5) is 0 Å². The minimum absolute atomic E-state index is 0. The van der Waals surface area contributed by atoms with Crippen LogP contribution in [0.1, 0.15) is 101 Å². The SMILES string of the molecule is CC(C)(C)CC(=O)/C=C(\O)CC(C)(C)C.[2H]C([2H])([2H])c1ccc2c(n1)oc1c(-c3cc(C4CCCC4)ccn3)[c-]ccc12.[Ir]. The molecule has 0 atom stereocenters. The van der Waals surface area contributed by atoms with Crippen LogP contribution in [-0.2, 0) is 24.9 Å². The van der Waals surface area contributed by atoms with Gasteiger partial charge in [-0.05, 0) is 60.3 Å². The summed E-state index contributed by atoms with van der Waals surface area (Å²) in [6.07, 6.45) is 9.26. The molecule has 0 saturated heterocycles. The quantitative estimate of drug-likeness (QED) is 0.126. The van der Waals surface area contributed by atoms with Crippen molar-refractivity contribution in [2.24, 2.45) is 10.8 Å². The van der Waals surface area contributed by atoms with E-state index in [1.165, 1.54) is 37.3 Å². The predicted octanol–water partition coefficient (Wildman–Crippen LogP) is 9.68. The molecule has 41 heavy (non-hydrogen) atoms. The molecule has 0 amide bonds. The normalized spacial score (nSPS) is 16.0. The first-order valence-electron chi connectivity index (χ1n) is 15.6. The first-order chi connectivity index (χ1) is 20.0. The van der Waals surface area contributed by atoms with E-state index < -0.39 is 6.85 Å². The van der Waals surface area contributed by atoms with Gasteiger partial charge in [-0.1, -0.05) is 77.0 Å². The van der Waals surface area contributed by atoms with Crippen LogP contribution in [0.2, 0.25) is 0 Å². The van der Waals surface area contributed by atoms with Gasteiger partial charge in [0.2, 0.25) is 5.71 Å². The summed E-state index contributed by atoms with van der Waals surface area (Å²) in [7, 11) is 0. The Hall–Kier alpha value is -2.82. The smallest absolute Gasteiger partial charge is 0.216 e. The number of carbonyl (C=O) groups excluding carboxylic acids is 1. The molecule has 0 spiro atoms. The third-order valence-electron chi connectivity index (χ3n) is 6.91. The number of fused-ring (bicyclic) bond motifs is 3. The van der Waals surface area contributed by atoms with Crippen molar-refractivity contribution in [2.45, 2.75) is 92.8 Å². The molecule has 1 radical (unpaired) electrons. The van der Waals surface area contributed by atoms with E-state index in [-0.39, 0.29) is 48.2 Å². The van der Waals surface area contributed by atoms with Gasteiger partial charge in [0.25, 0.3) is 0 Å². The Morgan fingerprint density at radius 2 is 1.78 bits per heavy atom. The number of pyridine rings is 2. The molecule has 3 aromatic heterocycles. The number of hydrogen-bond donors (Lipinski definition) is 1. The Labute approximate surface area is 262 Å². The van der Waals surface area contributed by atoms with Gasteiger partial charge < -0.3 is 14.5 Å². The van der Waals surface area contributed by atoms with Crippen LogP contribution in [-0.4, -0.2) is 20.9 Å². The Bertz CT molecular complexity index is 1620. The molecule has 1 N–H and O–H groups in total. The molecular formula is C35H43IrN2O3-. The fourth-order valence-corrected chi connectivity index (χ4v) is 5.26. The standard InChI is InChI=1S/C22H19N2O.C13H24O2.Ir/c1-14-9-10-18-17-7-4-8-19(21(17)25-22(18)24-14)20-13-16(11-12-23-20)15-5-2-3-6-15;1-12(2,3)8-10(14)7-11(15)9-13(4,5)6;/h4,7,9-13,15H,2-3,5-6H2,1H3;7,14H,8-9H2,1-6H3;/q-1;;/b;10-7-;/i1D3;;. The van der Waals surface area contributed by atoms with Crippen molar-refractivity contribution >= 4 is 27.9 Å². The minimum Gasteiger partial charge on any atom is -0.512 e. The Morgan fingerprint density at radius 3 is 2.44 bits per heavy atom. The van der Waals surface area contributed by atoms with Crippen molar-refractivity contribution < 1.29 is 38.5 Å². The van der Waals surface area contributed by atoms with Gasteiger partial charge in [-0.15, -0.1) is 18.2 Å². The number of allylic oxidation sites excluding steroid dienone is 2. The number of furan rings is 1. The summed E-state index contributed by atoms with van der Waals surface area (Å²) in [5.74, 6) is 0.793. The number of hydrogen-bond acceptors (Lipinski definition) is 5. The van der Waals surface area contributed by atoms with Gasteiger partial charge in [-0.3, -0.25) is 4.79 Å². The maximum atomic E-state index is 11.5. The maximum Gasteiger partial charge on any atom is 0.216 e. The van der Waals surface area contributed by atoms with E-state index in [1.54, 1.807) is 12.1 Å². The molecule has 5 rings (SSSR count). The van der Waals surface area contributed by atoms with Gasteiger partial charge in [-0.25, -0.2) is 4.98 Å². The summed E-state index contributed by atoms with van der Waals surface area (Å²) in [5.41, 5.74) is 3.92. The Morgan fingerprint density at radius 1 is 1.07 bits per heavy atom. The molecule has 221 valence electrons. The Kier molecular flexibility index (Phi) is 9.28. The fourth-order valence-electron chi connectivity index (χ4n) is 5.26. The molecule has 3 heterocycles. The van der Waals surface area contributed by atoms with Crippen molar-refractivity contribution in [3.05, 3.63) is 71.8 Å². The number of aryl methyl sites for hydroxylation is 1. The summed E-state index contributed by atoms with van der Waals surface area (Å²) >= 11 is 0. The summed E-state index contributed by atoms with van der Waals surface area (Å²) in [4.78, 5) is 20.3. The van der Waals surface area contributed by atoms with Crippen molar-refractivity contribution in [2.75, 3.05) is 0 Å². The van der Waals surface area contributed by atoms with Crippen LogP contribution in [0.5, 0.6) is 0 Å². The number of aliphatic hydroxyl groups excluding tert-OH is 1. The van der Waals surface area contributed by atoms with Gasteiger partial charge in [0.15, 0.2) is 5.78 Å². The average molecular weight is 735 g/mol. The molecule has 1 aliphatic carbocycles. The number of nitrogens with zero attached hydrogens (tertiary/aromatic N) is 2. The van der Waals surface area contributed by atoms with Gasteiger partial charge in [0.05, 0.1) is 11.3 Å². The van der Waals surface area contributed by atoms with Crippen LogP contribution in [0, 0.1) is 23.7 Å². The van der Waals surface area contributed by atoms with Crippen LogP contribution in [0.15, 0.2) is 58.8 Å². The van der Waals surface area contributed by atoms with Crippen molar-refractivity contribution in [1.82, 2.24) is 9.97 Å². The second-order valence-corrected chi connectivity index (χ2v) is 13.3. The summed E-state index contributed by atoms with van der Waals surface area (Å²) in [6, 6.07) is 14.6. The molecule has 0 bridgehead atoms. The van der Waals surface area contributed by atoms with E-state index in [4.69, 9.17) is 8.53 Å². The van der Waals surface area contributed by atoms with E-state index in [2.05, 4.69) is 28.2 Å². The molecule has 0 aliphatic heterocycles. The molecule has 4 aromatic rings. The number of benzene rings is 1. The second-order valence-electron chi connectivity index (χ2n) is 13.3. The number of carbonyl (C=O) groups is 1. The van der Waals surface area contributed by atoms with E-state index in [0.717, 1.165) is 22.0 Å². The van der Waals surface area contributed by atoms with Gasteiger partial charge in [0, 0.05) is 60.4 Å². The summed E-state index contributed by atoms with van der Waals surface area (Å²) < 4.78 is 28.7. The molecule has 1 fully saturated rings. The molecular weight excluding hydrogens is 689 g/mol. The zero-order valence-electron chi connectivity index (χ0n) is 27.9. The summed E-state index contributed by atoms with van der Waals surface area (Å²) in [5, 5.41) is 11.3. The topological polar surface area (TPSA) is 76.2 Å². The number of rotatable bonds is 5. The van der Waals surface area contributed by atoms with E-state index in [1.807, 2.05) is 59.9 Å². The molecule has 1 saturated carbocycles. The largest absolute Gasteiger partial charge is 0.512 e. The fraction of sp³-hybridized carbons (Fsp3) is 0.457. The monoisotopic (exact) mass is 735 g/mol. The zero-order valence-corrected chi connectivity index (χ0v) is 27.3. The average Bonchev–Trinajstić information content (AvgIpc) is 3.54. The van der Waals surface area contributed by atoms with Crippen LogP contribution < -0.4 is 0 Å². The van der Waals surface area contributed by atoms with Crippen molar-refractivity contribution in [3.63, 3.8) is 0 Å². The van der Waals surface area contributed by atoms with Crippen LogP contribution in [0.3, 0.4) is 0 Å². The van der Waals surface area contributed by atoms with Gasteiger partial charge >= 0.3 is 0 Å². The van der Waals surface area contributed by atoms with E-state index >= 15 is 0 Å². The van der Waals surface area contributed by atoms with Crippen LogP contribution in [0.25, 0.3) is 33.3 Å². The molecule has 0 unspecified atom stereocenters. The third kappa shape index (κ3) is 9.08. The third-order valence-corrected chi connectivity index (χ3v) is 6.91. The van der Waals surface area contributed by atoms with E-state index in [9.17, 15) is 9.90 Å². The van der Waals surface area contributed by atoms with Crippen molar-refractivity contribution in [3.8, 4) is 11.3 Å². The Balaban J connectivity index is 0.000000286. The number of aromatic nitrogens is 2. The summed E-state index contributed by atoms with van der Waals surface area (Å²) in [6.45, 7) is 9.87.